The fourth-order valence-corrected chi connectivity index (χ4v) is 6.65. The van der Waals surface area contributed by atoms with Gasteiger partial charge in [-0.05, 0) is 55.0 Å². The number of allylic oxidation sites excluding steroid dienone is 6. The zero-order chi connectivity index (χ0) is 27.3. The van der Waals surface area contributed by atoms with Crippen molar-refractivity contribution in [3.8, 4) is 5.75 Å². The summed E-state index contributed by atoms with van der Waals surface area (Å²) >= 11 is 0. The topological polar surface area (TPSA) is 101 Å². The molecule has 4 aliphatic rings. The highest BCUT2D eigenvalue weighted by Gasteiger charge is 2.56. The van der Waals surface area contributed by atoms with Crippen molar-refractivity contribution >= 4 is 23.4 Å². The van der Waals surface area contributed by atoms with Crippen molar-refractivity contribution in [2.24, 2.45) is 17.8 Å². The Kier molecular flexibility index (Phi) is 6.39. The van der Waals surface area contributed by atoms with Crippen LogP contribution in [-0.2, 0) is 25.7 Å². The van der Waals surface area contributed by atoms with Crippen molar-refractivity contribution < 1.29 is 29.0 Å². The van der Waals surface area contributed by atoms with Gasteiger partial charge in [0.05, 0.1) is 25.0 Å². The lowest BCUT2D eigenvalue weighted by Crippen LogP contribution is -2.39. The quantitative estimate of drug-likeness (QED) is 0.352. The van der Waals surface area contributed by atoms with Gasteiger partial charge in [0.15, 0.2) is 11.6 Å². The van der Waals surface area contributed by atoms with E-state index in [2.05, 4.69) is 0 Å². The number of aliphatic hydroxyl groups is 1. The largest absolute Gasteiger partial charge is 0.491 e. The van der Waals surface area contributed by atoms with Gasteiger partial charge in [-0.2, -0.15) is 0 Å². The van der Waals surface area contributed by atoms with E-state index in [0.717, 1.165) is 16.7 Å². The summed E-state index contributed by atoms with van der Waals surface area (Å²) in [6.07, 6.45) is 4.10. The molecule has 1 aliphatic heterocycles. The fourth-order valence-electron chi connectivity index (χ4n) is 6.65. The van der Waals surface area contributed by atoms with Crippen LogP contribution in [0.3, 0.4) is 0 Å². The zero-order valence-corrected chi connectivity index (χ0v) is 21.6. The lowest BCUT2D eigenvalue weighted by atomic mass is 9.59. The number of amides is 2. The number of aliphatic hydroxyl groups excluding tert-OH is 1. The van der Waals surface area contributed by atoms with Gasteiger partial charge < -0.3 is 9.84 Å². The van der Waals surface area contributed by atoms with Crippen molar-refractivity contribution in [3.05, 3.63) is 100 Å². The Labute approximate surface area is 226 Å². The van der Waals surface area contributed by atoms with E-state index >= 15 is 0 Å². The number of nitrogens with zero attached hydrogens (tertiary/aromatic N) is 1. The van der Waals surface area contributed by atoms with E-state index < -0.39 is 17.8 Å². The van der Waals surface area contributed by atoms with Crippen molar-refractivity contribution in [3.63, 3.8) is 0 Å². The first-order chi connectivity index (χ1) is 18.9. The number of ketones is 2. The molecule has 1 saturated heterocycles. The average Bonchev–Trinajstić information content (AvgIpc) is 3.19. The van der Waals surface area contributed by atoms with Crippen LogP contribution in [0.25, 0.3) is 0 Å². The number of imide groups is 1. The van der Waals surface area contributed by atoms with Gasteiger partial charge in [-0.3, -0.25) is 24.1 Å². The Balaban J connectivity index is 1.40. The maximum atomic E-state index is 13.8. The van der Waals surface area contributed by atoms with Crippen LogP contribution in [0.15, 0.2) is 89.0 Å². The summed E-state index contributed by atoms with van der Waals surface area (Å²) in [4.78, 5) is 55.4. The summed E-state index contributed by atoms with van der Waals surface area (Å²) in [6, 6.07) is 16.8. The third-order valence-corrected chi connectivity index (χ3v) is 8.41. The molecular weight excluding hydrogens is 494 g/mol. The smallest absolute Gasteiger partial charge is 0.234 e. The molecule has 2 aromatic rings. The second kappa shape index (κ2) is 9.89. The number of hydrogen-bond acceptors (Lipinski definition) is 6. The van der Waals surface area contributed by atoms with Gasteiger partial charge in [0.25, 0.3) is 0 Å². The average molecular weight is 524 g/mol. The third kappa shape index (κ3) is 4.17. The Morgan fingerprint density at radius 1 is 0.949 bits per heavy atom. The number of ether oxygens (including phenoxy) is 1. The minimum absolute atomic E-state index is 0.103. The monoisotopic (exact) mass is 523 g/mol. The van der Waals surface area contributed by atoms with Gasteiger partial charge >= 0.3 is 0 Å². The van der Waals surface area contributed by atoms with E-state index in [-0.39, 0.29) is 55.5 Å². The van der Waals surface area contributed by atoms with Crippen molar-refractivity contribution in [1.82, 2.24) is 4.90 Å². The lowest BCUT2D eigenvalue weighted by molar-refractivity contribution is -0.140. The van der Waals surface area contributed by atoms with Gasteiger partial charge in [-0.1, -0.05) is 54.1 Å². The molecule has 6 rings (SSSR count). The van der Waals surface area contributed by atoms with Crippen molar-refractivity contribution in [1.29, 1.82) is 0 Å². The molecule has 0 spiro atoms. The molecule has 3 aliphatic carbocycles. The molecular formula is C32H29NO6. The second-order valence-electron chi connectivity index (χ2n) is 10.6. The predicted octanol–water partition coefficient (Wildman–Crippen LogP) is 3.69. The van der Waals surface area contributed by atoms with Crippen molar-refractivity contribution in [2.75, 3.05) is 13.2 Å². The van der Waals surface area contributed by atoms with E-state index in [1.807, 2.05) is 48.5 Å². The van der Waals surface area contributed by atoms with Crippen LogP contribution in [0.5, 0.6) is 5.75 Å². The molecule has 1 N–H and O–H groups in total. The number of carbonyl (C=O) groups excluding carboxylic acids is 4. The first-order valence-corrected chi connectivity index (χ1v) is 13.3. The molecule has 198 valence electrons. The number of likely N-dealkylation sites (tertiary alicyclic amines) is 1. The Hall–Kier alpha value is -4.10. The SMILES string of the molecule is CC1=CC(=O)C2=C(C1=O)[C@@H](c1ccc(OCCO)cc1)C1=CC[C@@H]3C(=O)N(Cc4ccccc4)C(=O)[C@@H]3[C@@H]1C2. The van der Waals surface area contributed by atoms with Gasteiger partial charge in [0, 0.05) is 22.6 Å². The highest BCUT2D eigenvalue weighted by Crippen LogP contribution is 2.55. The molecule has 1 heterocycles. The summed E-state index contributed by atoms with van der Waals surface area (Å²) in [5.74, 6) is -2.03. The molecule has 7 nitrogen and oxygen atoms in total. The molecule has 2 amide bonds. The summed E-state index contributed by atoms with van der Waals surface area (Å²) < 4.78 is 5.51. The molecule has 0 saturated carbocycles. The summed E-state index contributed by atoms with van der Waals surface area (Å²) in [5, 5.41) is 9.07. The van der Waals surface area contributed by atoms with Crippen LogP contribution in [-0.4, -0.2) is 46.6 Å². The third-order valence-electron chi connectivity index (χ3n) is 8.41. The van der Waals surface area contributed by atoms with Crippen LogP contribution in [0, 0.1) is 17.8 Å². The molecule has 4 atom stereocenters. The number of hydrogen-bond donors (Lipinski definition) is 1. The Morgan fingerprint density at radius 2 is 1.69 bits per heavy atom. The van der Waals surface area contributed by atoms with Crippen LogP contribution in [0.1, 0.15) is 36.8 Å². The Morgan fingerprint density at radius 3 is 2.41 bits per heavy atom. The van der Waals surface area contributed by atoms with E-state index in [9.17, 15) is 19.2 Å². The first-order valence-electron chi connectivity index (χ1n) is 13.3. The maximum Gasteiger partial charge on any atom is 0.234 e. The molecule has 0 bridgehead atoms. The molecule has 1 fully saturated rings. The summed E-state index contributed by atoms with van der Waals surface area (Å²) in [6.45, 7) is 1.94. The van der Waals surface area contributed by atoms with Gasteiger partial charge in [-0.25, -0.2) is 0 Å². The number of fused-ring (bicyclic) bond motifs is 3. The zero-order valence-electron chi connectivity index (χ0n) is 21.6. The van der Waals surface area contributed by atoms with Gasteiger partial charge in [-0.15, -0.1) is 0 Å². The number of rotatable bonds is 6. The second-order valence-corrected chi connectivity index (χ2v) is 10.6. The van der Waals surface area contributed by atoms with E-state index in [4.69, 9.17) is 9.84 Å². The minimum atomic E-state index is -0.570. The molecule has 0 aromatic heterocycles. The lowest BCUT2D eigenvalue weighted by Gasteiger charge is -2.42. The highest BCUT2D eigenvalue weighted by atomic mass is 16.5. The van der Waals surface area contributed by atoms with Crippen LogP contribution < -0.4 is 4.74 Å². The van der Waals surface area contributed by atoms with Gasteiger partial charge in [0.1, 0.15) is 12.4 Å². The highest BCUT2D eigenvalue weighted by molar-refractivity contribution is 6.23. The Bertz CT molecular complexity index is 1470. The minimum Gasteiger partial charge on any atom is -0.491 e. The normalized spacial score (nSPS) is 26.2. The van der Waals surface area contributed by atoms with Crippen LogP contribution in [0.4, 0.5) is 0 Å². The molecule has 2 aromatic carbocycles. The van der Waals surface area contributed by atoms with Crippen LogP contribution in [0.2, 0.25) is 0 Å². The van der Waals surface area contributed by atoms with Crippen molar-refractivity contribution in [2.45, 2.75) is 32.2 Å². The summed E-state index contributed by atoms with van der Waals surface area (Å²) in [5.41, 5.74) is 3.96. The molecule has 7 heteroatoms. The molecule has 0 unspecified atom stereocenters. The predicted molar refractivity (Wildman–Crippen MR) is 142 cm³/mol. The molecule has 0 radical (unpaired) electrons. The van der Waals surface area contributed by atoms with E-state index in [0.29, 0.717) is 28.9 Å². The summed E-state index contributed by atoms with van der Waals surface area (Å²) in [7, 11) is 0. The maximum absolute atomic E-state index is 13.8. The van der Waals surface area contributed by atoms with Gasteiger partial charge in [0.2, 0.25) is 11.8 Å². The number of carbonyl (C=O) groups is 4. The number of benzene rings is 2. The fraction of sp³-hybridized carbons (Fsp3) is 0.312. The number of Topliss-reactive ketones (excluding diaryl/α,β-unsaturated/α-hetero) is 1. The van der Waals surface area contributed by atoms with E-state index in [1.54, 1.807) is 19.1 Å². The molecule has 39 heavy (non-hydrogen) atoms. The first kappa shape index (κ1) is 25.2. The standard InChI is InChI=1S/C32H29NO6/c1-18-15-26(35)25-16-24-22(27(29(25)30(18)36)20-7-9-21(10-8-20)39-14-13-34)11-12-23-28(24)32(38)33(31(23)37)17-19-5-3-2-4-6-19/h2-11,15,23-24,27-28,34H,12-14,16-17H2,1H3/t23-,24+,27-,28-/m0/s1. The van der Waals surface area contributed by atoms with E-state index in [1.165, 1.54) is 11.0 Å². The van der Waals surface area contributed by atoms with Crippen LogP contribution >= 0.6 is 0 Å².